The van der Waals surface area contributed by atoms with Crippen molar-refractivity contribution in [1.82, 2.24) is 9.88 Å². The minimum atomic E-state index is -5.18. The van der Waals surface area contributed by atoms with Gasteiger partial charge in [-0.2, -0.15) is 18.2 Å². The number of carbonyl (C=O) groups is 1. The van der Waals surface area contributed by atoms with Gasteiger partial charge in [-0.05, 0) is 24.6 Å². The lowest BCUT2D eigenvalue weighted by molar-refractivity contribution is -0.204. The molecule has 2 unspecified atom stereocenters. The number of hydrogen-bond acceptors (Lipinski definition) is 7. The molecule has 29 heavy (non-hydrogen) atoms. The maximum Gasteiger partial charge on any atom is 0.493 e. The van der Waals surface area contributed by atoms with Gasteiger partial charge in [-0.25, -0.2) is 9.78 Å². The van der Waals surface area contributed by atoms with E-state index in [0.717, 1.165) is 11.1 Å². The van der Waals surface area contributed by atoms with E-state index in [9.17, 15) is 18.0 Å². The first-order valence-corrected chi connectivity index (χ1v) is 8.94. The van der Waals surface area contributed by atoms with Crippen LogP contribution in [0, 0.1) is 0 Å². The molecule has 0 spiro atoms. The molecule has 0 amide bonds. The van der Waals surface area contributed by atoms with Gasteiger partial charge in [-0.1, -0.05) is 44.2 Å². The molecule has 0 aliphatic carbocycles. The molecule has 3 rings (SSSR count). The van der Waals surface area contributed by atoms with Crippen LogP contribution in [0.15, 0.2) is 36.4 Å². The van der Waals surface area contributed by atoms with Gasteiger partial charge in [0.25, 0.3) is 0 Å². The molecule has 0 fully saturated rings. The Balaban J connectivity index is 2.19. The lowest BCUT2D eigenvalue weighted by Gasteiger charge is -2.43. The summed E-state index contributed by atoms with van der Waals surface area (Å²) in [5, 5.41) is 0.658. The Morgan fingerprint density at radius 1 is 1.21 bits per heavy atom. The van der Waals surface area contributed by atoms with E-state index in [1.54, 1.807) is 6.07 Å². The quantitative estimate of drug-likeness (QED) is 0.804. The van der Waals surface area contributed by atoms with Crippen molar-refractivity contribution >= 4 is 11.8 Å². The number of hydrogen-bond donors (Lipinski definition) is 2. The van der Waals surface area contributed by atoms with Crippen molar-refractivity contribution in [3.63, 3.8) is 0 Å². The zero-order valence-electron chi connectivity index (χ0n) is 16.1. The highest BCUT2D eigenvalue weighted by atomic mass is 19.4. The van der Waals surface area contributed by atoms with Crippen LogP contribution in [0.25, 0.3) is 11.3 Å². The van der Waals surface area contributed by atoms with Crippen molar-refractivity contribution in [2.24, 2.45) is 11.5 Å². The van der Waals surface area contributed by atoms with Gasteiger partial charge in [0.15, 0.2) is 12.1 Å². The summed E-state index contributed by atoms with van der Waals surface area (Å²) in [4.78, 5) is 22.0. The molecule has 1 aliphatic heterocycles. The molecule has 0 radical (unpaired) electrons. The Kier molecular flexibility index (Phi) is 5.52. The number of pyridine rings is 1. The molecule has 2 atom stereocenters. The lowest BCUT2D eigenvalue weighted by Crippen LogP contribution is -2.60. The van der Waals surface area contributed by atoms with Crippen LogP contribution in [-0.4, -0.2) is 35.4 Å². The third-order valence-electron chi connectivity index (χ3n) is 4.77. The van der Waals surface area contributed by atoms with Gasteiger partial charge >= 0.3 is 12.1 Å². The van der Waals surface area contributed by atoms with E-state index in [0.29, 0.717) is 16.3 Å². The number of hydroxylamine groups is 1. The average Bonchev–Trinajstić information content (AvgIpc) is 2.68. The summed E-state index contributed by atoms with van der Waals surface area (Å²) in [7, 11) is 1.52. The highest BCUT2D eigenvalue weighted by molar-refractivity contribution is 5.77. The molecule has 156 valence electrons. The molecule has 2 heterocycles. The van der Waals surface area contributed by atoms with E-state index in [4.69, 9.17) is 11.5 Å². The van der Waals surface area contributed by atoms with Crippen LogP contribution < -0.4 is 16.5 Å². The van der Waals surface area contributed by atoms with Crippen LogP contribution in [0.5, 0.6) is 0 Å². The van der Waals surface area contributed by atoms with Crippen LogP contribution >= 0.6 is 0 Å². The third kappa shape index (κ3) is 3.91. The van der Waals surface area contributed by atoms with Gasteiger partial charge in [0.05, 0.1) is 11.9 Å². The Morgan fingerprint density at radius 2 is 1.83 bits per heavy atom. The molecule has 1 aliphatic rings. The minimum absolute atomic E-state index is 0.0241. The largest absolute Gasteiger partial charge is 0.493 e. The molecular weight excluding hydrogens is 387 g/mol. The lowest BCUT2D eigenvalue weighted by atomic mass is 9.94. The highest BCUT2D eigenvalue weighted by Gasteiger charge is 2.46. The Hall–Kier alpha value is -2.69. The first-order valence-electron chi connectivity index (χ1n) is 8.94. The second-order valence-corrected chi connectivity index (χ2v) is 7.09. The average molecular weight is 409 g/mol. The van der Waals surface area contributed by atoms with Crippen LogP contribution in [0.1, 0.15) is 37.1 Å². The number of fused-ring (bicyclic) bond motifs is 1. The predicted octanol–water partition coefficient (Wildman–Crippen LogP) is 2.84. The number of aromatic nitrogens is 1. The number of nitrogens with two attached hydrogens (primary N) is 2. The molecule has 10 heteroatoms. The molecule has 0 bridgehead atoms. The summed E-state index contributed by atoms with van der Waals surface area (Å²) < 4.78 is 38.4. The fourth-order valence-corrected chi connectivity index (χ4v) is 3.11. The maximum atomic E-state index is 12.8. The maximum absolute atomic E-state index is 12.8. The van der Waals surface area contributed by atoms with E-state index < -0.39 is 24.6 Å². The van der Waals surface area contributed by atoms with Gasteiger partial charge in [0.1, 0.15) is 0 Å². The Labute approximate surface area is 166 Å². The van der Waals surface area contributed by atoms with Crippen LogP contribution in [0.4, 0.5) is 19.0 Å². The second-order valence-electron chi connectivity index (χ2n) is 7.09. The summed E-state index contributed by atoms with van der Waals surface area (Å²) in [5.41, 5.74) is 14.8. The smallest absolute Gasteiger partial charge is 0.328 e. The number of nitrogens with zero attached hydrogens (tertiary/aromatic N) is 3. The first kappa shape index (κ1) is 21.0. The normalized spacial score (nSPS) is 20.0. The van der Waals surface area contributed by atoms with E-state index >= 15 is 0 Å². The van der Waals surface area contributed by atoms with E-state index in [2.05, 4.69) is 9.82 Å². The van der Waals surface area contributed by atoms with Gasteiger partial charge in [-0.3, -0.25) is 10.6 Å². The summed E-state index contributed by atoms with van der Waals surface area (Å²) in [6.07, 6.45) is -7.17. The van der Waals surface area contributed by atoms with Gasteiger partial charge < -0.3 is 10.6 Å². The molecule has 0 saturated heterocycles. The second kappa shape index (κ2) is 7.62. The monoisotopic (exact) mass is 409 g/mol. The van der Waals surface area contributed by atoms with E-state index in [1.165, 1.54) is 11.9 Å². The van der Waals surface area contributed by atoms with Crippen LogP contribution in [-0.2, 0) is 9.63 Å². The molecule has 2 aromatic rings. The fourth-order valence-electron chi connectivity index (χ4n) is 3.11. The van der Waals surface area contributed by atoms with Crippen LogP contribution in [0.3, 0.4) is 0 Å². The zero-order chi connectivity index (χ0) is 21.5. The third-order valence-corrected chi connectivity index (χ3v) is 4.77. The minimum Gasteiger partial charge on any atom is -0.328 e. The summed E-state index contributed by atoms with van der Waals surface area (Å²) in [6, 6.07) is 10.9. The highest BCUT2D eigenvalue weighted by Crippen LogP contribution is 2.39. The number of alkyl halides is 3. The SMILES string of the molecule is CC(C)c1cc2c(nc1-c1ccccc1)N(OC(=O)C(F)(F)F)C(N)N(C)C2N. The Bertz CT molecular complexity index is 905. The number of anilines is 1. The number of halogens is 3. The first-order chi connectivity index (χ1) is 13.5. The molecule has 1 aromatic heterocycles. The summed E-state index contributed by atoms with van der Waals surface area (Å²) in [6.45, 7) is 3.95. The molecule has 4 N–H and O–H groups in total. The van der Waals surface area contributed by atoms with Crippen molar-refractivity contribution in [3.05, 3.63) is 47.5 Å². The molecule has 7 nitrogen and oxygen atoms in total. The standard InChI is InChI=1S/C19H22F3N5O2/c1-10(2)12-9-13-15(23)26(3)18(24)27(29-17(28)19(20,21)22)16(13)25-14(12)11-7-5-4-6-8-11/h4-10,15,18H,23-24H2,1-3H3. The summed E-state index contributed by atoms with van der Waals surface area (Å²) >= 11 is 0. The number of benzene rings is 1. The van der Waals surface area contributed by atoms with Crippen molar-refractivity contribution in [1.29, 1.82) is 0 Å². The van der Waals surface area contributed by atoms with E-state index in [1.807, 2.05) is 44.2 Å². The molecule has 0 saturated carbocycles. The molecular formula is C19H22F3N5O2. The predicted molar refractivity (Wildman–Crippen MR) is 101 cm³/mol. The Morgan fingerprint density at radius 3 is 2.38 bits per heavy atom. The zero-order valence-corrected chi connectivity index (χ0v) is 16.1. The van der Waals surface area contributed by atoms with Crippen LogP contribution in [0.2, 0.25) is 0 Å². The van der Waals surface area contributed by atoms with E-state index in [-0.39, 0.29) is 11.7 Å². The van der Waals surface area contributed by atoms with Crippen molar-refractivity contribution < 1.29 is 22.8 Å². The summed E-state index contributed by atoms with van der Waals surface area (Å²) in [5.74, 6) is -2.36. The van der Waals surface area contributed by atoms with Gasteiger partial charge in [0.2, 0.25) is 0 Å². The van der Waals surface area contributed by atoms with Crippen molar-refractivity contribution in [2.75, 3.05) is 12.1 Å². The van der Waals surface area contributed by atoms with Gasteiger partial charge in [-0.15, -0.1) is 0 Å². The fraction of sp³-hybridized carbons (Fsp3) is 0.368. The number of carbonyl (C=O) groups excluding carboxylic acids is 1. The topological polar surface area (TPSA) is 97.7 Å². The van der Waals surface area contributed by atoms with Crippen molar-refractivity contribution in [3.8, 4) is 11.3 Å². The van der Waals surface area contributed by atoms with Gasteiger partial charge in [0, 0.05) is 11.1 Å². The number of rotatable bonds is 3. The van der Waals surface area contributed by atoms with Crippen molar-refractivity contribution in [2.45, 2.75) is 38.4 Å². The molecule has 1 aromatic carbocycles.